The van der Waals surface area contributed by atoms with Gasteiger partial charge in [-0.3, -0.25) is 4.79 Å². The predicted molar refractivity (Wildman–Crippen MR) is 151 cm³/mol. The van der Waals surface area contributed by atoms with Gasteiger partial charge in [-0.05, 0) is 55.5 Å². The van der Waals surface area contributed by atoms with E-state index >= 15 is 0 Å². The van der Waals surface area contributed by atoms with Crippen LogP contribution in [0.4, 0.5) is 5.69 Å². The van der Waals surface area contributed by atoms with Crippen LogP contribution < -0.4 is 14.4 Å². The lowest BCUT2D eigenvalue weighted by Crippen LogP contribution is -2.44. The maximum Gasteiger partial charge on any atom is 0.453 e. The summed E-state index contributed by atoms with van der Waals surface area (Å²) >= 11 is 0. The van der Waals surface area contributed by atoms with Gasteiger partial charge in [0.1, 0.15) is 17.5 Å². The molecule has 6 nitrogen and oxygen atoms in total. The number of hydrogen-bond donors (Lipinski definition) is 1. The summed E-state index contributed by atoms with van der Waals surface area (Å²) in [7, 11) is -3.80. The number of halogens is 1. The monoisotopic (exact) mass is 536 g/mol. The fraction of sp³-hybridized carbons (Fsp3) is 0.207. The Hall–Kier alpha value is -3.47. The zero-order valence-electron chi connectivity index (χ0n) is 20.5. The standard InChI is InChI=1S/C29H29N2O4P.ClH/c1-22(30-27-19-10-13-23-12-8-9-18-26(23)27)29(32)31-21-11-20-28(31)36(33,34-24-14-4-2-5-15-24)35-25-16-6-3-7-17-25;/h2-10,12-19,22,28,30H,11,20-21H2,1H3;1H/t22-,28+;/m0./s1. The van der Waals surface area contributed by atoms with Crippen LogP contribution in [0.5, 0.6) is 11.5 Å². The summed E-state index contributed by atoms with van der Waals surface area (Å²) in [6.07, 6.45) is 1.25. The van der Waals surface area contributed by atoms with Crippen LogP contribution in [-0.4, -0.2) is 29.2 Å². The largest absolute Gasteiger partial charge is 0.453 e. The van der Waals surface area contributed by atoms with Gasteiger partial charge in [0.15, 0.2) is 5.78 Å². The molecule has 0 aromatic heterocycles. The Morgan fingerprint density at radius 3 is 2.08 bits per heavy atom. The van der Waals surface area contributed by atoms with Gasteiger partial charge in [0.05, 0.1) is 0 Å². The maximum absolute atomic E-state index is 14.4. The quantitative estimate of drug-likeness (QED) is 0.238. The molecule has 0 unspecified atom stereocenters. The van der Waals surface area contributed by atoms with E-state index in [1.807, 2.05) is 85.8 Å². The summed E-state index contributed by atoms with van der Waals surface area (Å²) in [5.41, 5.74) is 0.883. The average molecular weight is 537 g/mol. The number of para-hydroxylation sites is 2. The van der Waals surface area contributed by atoms with Gasteiger partial charge in [-0.15, -0.1) is 12.4 Å². The van der Waals surface area contributed by atoms with E-state index in [1.165, 1.54) is 0 Å². The van der Waals surface area contributed by atoms with Crippen LogP contribution in [0.15, 0.2) is 103 Å². The predicted octanol–water partition coefficient (Wildman–Crippen LogP) is 7.36. The molecule has 1 fully saturated rings. The molecular formula is C29H30ClN2O4P. The molecule has 37 heavy (non-hydrogen) atoms. The molecule has 0 aliphatic carbocycles. The van der Waals surface area contributed by atoms with Crippen LogP contribution in [0.1, 0.15) is 19.8 Å². The summed E-state index contributed by atoms with van der Waals surface area (Å²) in [6.45, 7) is 2.33. The van der Waals surface area contributed by atoms with E-state index in [0.29, 0.717) is 24.5 Å². The first-order chi connectivity index (χ1) is 17.5. The Balaban J connectivity index is 0.00000320. The second-order valence-corrected chi connectivity index (χ2v) is 10.9. The highest BCUT2D eigenvalue weighted by atomic mass is 35.5. The Labute approximate surface area is 223 Å². The molecule has 1 saturated heterocycles. The molecule has 8 heteroatoms. The van der Waals surface area contributed by atoms with Crippen molar-refractivity contribution < 1.29 is 18.4 Å². The van der Waals surface area contributed by atoms with E-state index < -0.39 is 19.4 Å². The minimum absolute atomic E-state index is 0. The normalized spacial score (nSPS) is 16.0. The van der Waals surface area contributed by atoms with Crippen molar-refractivity contribution in [1.29, 1.82) is 0 Å². The molecule has 1 aliphatic rings. The van der Waals surface area contributed by atoms with Crippen molar-refractivity contribution in [3.63, 3.8) is 0 Å². The number of carbonyl (C=O) groups is 1. The first-order valence-electron chi connectivity index (χ1n) is 12.2. The molecule has 4 aromatic rings. The second-order valence-electron chi connectivity index (χ2n) is 8.90. The first-order valence-corrected chi connectivity index (χ1v) is 13.8. The van der Waals surface area contributed by atoms with Crippen molar-refractivity contribution in [2.75, 3.05) is 11.9 Å². The third kappa shape index (κ3) is 5.93. The lowest BCUT2D eigenvalue weighted by molar-refractivity contribution is -0.131. The number of amides is 1. The second kappa shape index (κ2) is 11.7. The van der Waals surface area contributed by atoms with Gasteiger partial charge < -0.3 is 19.3 Å². The van der Waals surface area contributed by atoms with Crippen LogP contribution in [0.25, 0.3) is 10.8 Å². The minimum Gasteiger partial charge on any atom is -0.415 e. The lowest BCUT2D eigenvalue weighted by Gasteiger charge is -2.32. The Kier molecular flexibility index (Phi) is 8.42. The fourth-order valence-corrected chi connectivity index (χ4v) is 6.81. The van der Waals surface area contributed by atoms with Gasteiger partial charge >= 0.3 is 7.60 Å². The number of anilines is 1. The third-order valence-electron chi connectivity index (χ3n) is 6.35. The van der Waals surface area contributed by atoms with Crippen LogP contribution in [0.2, 0.25) is 0 Å². The highest BCUT2D eigenvalue weighted by Crippen LogP contribution is 2.57. The number of likely N-dealkylation sites (tertiary alicyclic amines) is 1. The number of rotatable bonds is 8. The zero-order chi connectivity index (χ0) is 25.0. The SMILES string of the molecule is C[C@H](Nc1cccc2ccccc12)C(=O)N1CCC[C@H]1P(=O)(Oc1ccccc1)Oc1ccccc1.Cl. The van der Waals surface area contributed by atoms with E-state index in [4.69, 9.17) is 9.05 Å². The van der Waals surface area contributed by atoms with Crippen molar-refractivity contribution in [2.45, 2.75) is 31.6 Å². The molecule has 1 amide bonds. The molecule has 0 saturated carbocycles. The number of benzene rings is 4. The number of hydrogen-bond acceptors (Lipinski definition) is 5. The van der Waals surface area contributed by atoms with E-state index in [9.17, 15) is 9.36 Å². The Bertz CT molecular complexity index is 1340. The smallest absolute Gasteiger partial charge is 0.415 e. The molecule has 1 aliphatic heterocycles. The summed E-state index contributed by atoms with van der Waals surface area (Å²) in [5.74, 6) is 0.0529. The van der Waals surface area contributed by atoms with Crippen molar-refractivity contribution in [1.82, 2.24) is 4.90 Å². The number of nitrogens with zero attached hydrogens (tertiary/aromatic N) is 1. The van der Waals surface area contributed by atoms with Crippen molar-refractivity contribution in [2.24, 2.45) is 0 Å². The molecule has 1 N–H and O–H groups in total. The molecular weight excluding hydrogens is 507 g/mol. The van der Waals surface area contributed by atoms with Crippen molar-refractivity contribution >= 4 is 42.4 Å². The van der Waals surface area contributed by atoms with Crippen molar-refractivity contribution in [3.8, 4) is 11.5 Å². The number of carbonyl (C=O) groups excluding carboxylic acids is 1. The number of fused-ring (bicyclic) bond motifs is 1. The molecule has 0 spiro atoms. The first kappa shape index (κ1) is 26.6. The third-order valence-corrected chi connectivity index (χ3v) is 8.55. The van der Waals surface area contributed by atoms with Gasteiger partial charge in [0, 0.05) is 17.6 Å². The van der Waals surface area contributed by atoms with Crippen molar-refractivity contribution in [3.05, 3.63) is 103 Å². The van der Waals surface area contributed by atoms with Crippen LogP contribution in [0, 0.1) is 0 Å². The van der Waals surface area contributed by atoms with Gasteiger partial charge in [-0.25, -0.2) is 4.57 Å². The molecule has 2 atom stereocenters. The molecule has 0 radical (unpaired) electrons. The van der Waals surface area contributed by atoms with E-state index in [0.717, 1.165) is 22.9 Å². The topological polar surface area (TPSA) is 67.9 Å². The van der Waals surface area contributed by atoms with E-state index in [1.54, 1.807) is 29.2 Å². The van der Waals surface area contributed by atoms with Gasteiger partial charge in [-0.1, -0.05) is 72.8 Å². The number of nitrogens with one attached hydrogen (secondary N) is 1. The summed E-state index contributed by atoms with van der Waals surface area (Å²) in [4.78, 5) is 15.3. The Morgan fingerprint density at radius 2 is 1.43 bits per heavy atom. The fourth-order valence-electron chi connectivity index (χ4n) is 4.63. The van der Waals surface area contributed by atoms with Crippen LogP contribution >= 0.6 is 20.0 Å². The van der Waals surface area contributed by atoms with E-state index in [-0.39, 0.29) is 18.3 Å². The van der Waals surface area contributed by atoms with Gasteiger partial charge in [0.25, 0.3) is 0 Å². The van der Waals surface area contributed by atoms with E-state index in [2.05, 4.69) is 5.32 Å². The zero-order valence-corrected chi connectivity index (χ0v) is 22.2. The average Bonchev–Trinajstić information content (AvgIpc) is 3.41. The highest BCUT2D eigenvalue weighted by molar-refractivity contribution is 7.55. The van der Waals surface area contributed by atoms with Gasteiger partial charge in [0.2, 0.25) is 5.91 Å². The minimum atomic E-state index is -3.80. The molecule has 4 aromatic carbocycles. The van der Waals surface area contributed by atoms with Crippen LogP contribution in [0.3, 0.4) is 0 Å². The maximum atomic E-state index is 14.4. The molecule has 1 heterocycles. The van der Waals surface area contributed by atoms with Crippen LogP contribution in [-0.2, 0) is 9.36 Å². The lowest BCUT2D eigenvalue weighted by atomic mass is 10.1. The highest BCUT2D eigenvalue weighted by Gasteiger charge is 2.48. The summed E-state index contributed by atoms with van der Waals surface area (Å²) < 4.78 is 26.5. The van der Waals surface area contributed by atoms with Gasteiger partial charge in [-0.2, -0.15) is 0 Å². The molecule has 0 bridgehead atoms. The molecule has 5 rings (SSSR count). The Morgan fingerprint density at radius 1 is 0.865 bits per heavy atom. The summed E-state index contributed by atoms with van der Waals surface area (Å²) in [5, 5.41) is 5.51. The summed E-state index contributed by atoms with van der Waals surface area (Å²) in [6, 6.07) is 31.5. The molecule has 192 valence electrons.